The Hall–Kier alpha value is -3.07. The topological polar surface area (TPSA) is 41.1 Å². The van der Waals surface area contributed by atoms with Crippen LogP contribution in [0.15, 0.2) is 78.9 Å². The Morgan fingerprint density at radius 1 is 0.781 bits per heavy atom. The van der Waals surface area contributed by atoms with E-state index < -0.39 is 0 Å². The molecule has 1 saturated carbocycles. The van der Waals surface area contributed by atoms with E-state index >= 15 is 0 Å². The van der Waals surface area contributed by atoms with Gasteiger partial charge >= 0.3 is 6.03 Å². The highest BCUT2D eigenvalue weighted by Gasteiger charge is 2.38. The first kappa shape index (κ1) is 22.1. The van der Waals surface area contributed by atoms with Gasteiger partial charge in [0.05, 0.1) is 0 Å². The Bertz CT molecular complexity index is 958. The minimum Gasteiger partial charge on any atom is -0.335 e. The Kier molecular flexibility index (Phi) is 6.94. The highest BCUT2D eigenvalue weighted by molar-refractivity contribution is 5.91. The Balaban J connectivity index is 1.47. The summed E-state index contributed by atoms with van der Waals surface area (Å²) in [5, 5.41) is 6.42. The monoisotopic (exact) mass is 426 g/mol. The first-order valence-electron chi connectivity index (χ1n) is 12.0. The van der Waals surface area contributed by atoms with Gasteiger partial charge in [0.15, 0.2) is 0 Å². The van der Waals surface area contributed by atoms with Gasteiger partial charge in [-0.15, -0.1) is 0 Å². The summed E-state index contributed by atoms with van der Waals surface area (Å²) in [6.07, 6.45) is 5.79. The summed E-state index contributed by atoms with van der Waals surface area (Å²) in [6, 6.07) is 28.1. The second-order valence-corrected chi connectivity index (χ2v) is 8.85. The molecule has 2 amide bonds. The molecule has 2 N–H and O–H groups in total. The van der Waals surface area contributed by atoms with Crippen molar-refractivity contribution in [1.82, 2.24) is 5.32 Å². The van der Waals surface area contributed by atoms with Crippen LogP contribution in [-0.4, -0.2) is 12.1 Å². The van der Waals surface area contributed by atoms with Crippen LogP contribution >= 0.6 is 0 Å². The zero-order valence-corrected chi connectivity index (χ0v) is 19.2. The molecule has 1 aliphatic carbocycles. The Morgan fingerprint density at radius 3 is 1.75 bits per heavy atom. The fourth-order valence-electron chi connectivity index (χ4n) is 5.25. The van der Waals surface area contributed by atoms with Crippen LogP contribution in [0.4, 0.5) is 10.5 Å². The number of nitrogens with one attached hydrogen (secondary N) is 2. The molecule has 32 heavy (non-hydrogen) atoms. The van der Waals surface area contributed by atoms with Gasteiger partial charge in [-0.1, -0.05) is 92.7 Å². The summed E-state index contributed by atoms with van der Waals surface area (Å²) >= 11 is 0. The molecular weight excluding hydrogens is 392 g/mol. The third kappa shape index (κ3) is 4.57. The van der Waals surface area contributed by atoms with Gasteiger partial charge in [0, 0.05) is 17.1 Å². The van der Waals surface area contributed by atoms with Gasteiger partial charge in [-0.2, -0.15) is 0 Å². The van der Waals surface area contributed by atoms with Crippen molar-refractivity contribution < 1.29 is 4.79 Å². The van der Waals surface area contributed by atoms with Crippen molar-refractivity contribution >= 4 is 11.7 Å². The van der Waals surface area contributed by atoms with Crippen LogP contribution in [0.5, 0.6) is 0 Å². The van der Waals surface area contributed by atoms with Crippen molar-refractivity contribution in [2.45, 2.75) is 63.8 Å². The fourth-order valence-corrected chi connectivity index (χ4v) is 5.25. The van der Waals surface area contributed by atoms with Crippen molar-refractivity contribution in [3.63, 3.8) is 0 Å². The average Bonchev–Trinajstić information content (AvgIpc) is 2.86. The van der Waals surface area contributed by atoms with Crippen LogP contribution < -0.4 is 10.6 Å². The van der Waals surface area contributed by atoms with Crippen LogP contribution in [-0.2, 0) is 18.3 Å². The van der Waals surface area contributed by atoms with E-state index in [9.17, 15) is 4.79 Å². The maximum absolute atomic E-state index is 12.9. The lowest BCUT2D eigenvalue weighted by atomic mass is 9.64. The second kappa shape index (κ2) is 10.0. The van der Waals surface area contributed by atoms with Gasteiger partial charge < -0.3 is 10.6 Å². The molecule has 0 aliphatic heterocycles. The molecule has 3 nitrogen and oxygen atoms in total. The zero-order valence-electron chi connectivity index (χ0n) is 19.2. The van der Waals surface area contributed by atoms with Crippen LogP contribution in [0.25, 0.3) is 0 Å². The van der Waals surface area contributed by atoms with E-state index in [1.165, 1.54) is 22.3 Å². The maximum Gasteiger partial charge on any atom is 0.319 e. The quantitative estimate of drug-likeness (QED) is 0.444. The lowest BCUT2D eigenvalue weighted by Crippen LogP contribution is -2.44. The summed E-state index contributed by atoms with van der Waals surface area (Å²) in [5.74, 6) is 0. The van der Waals surface area contributed by atoms with Crippen LogP contribution in [0.1, 0.15) is 61.8 Å². The van der Waals surface area contributed by atoms with Crippen molar-refractivity contribution in [1.29, 1.82) is 0 Å². The summed E-state index contributed by atoms with van der Waals surface area (Å²) in [5.41, 5.74) is 6.12. The van der Waals surface area contributed by atoms with Crippen molar-refractivity contribution in [3.8, 4) is 0 Å². The predicted octanol–water partition coefficient (Wildman–Crippen LogP) is 6.86. The number of para-hydroxylation sites is 1. The van der Waals surface area contributed by atoms with E-state index in [1.54, 1.807) is 0 Å². The lowest BCUT2D eigenvalue weighted by Gasteiger charge is -2.41. The van der Waals surface area contributed by atoms with E-state index in [4.69, 9.17) is 0 Å². The molecule has 0 atom stereocenters. The zero-order chi connectivity index (χ0) is 22.4. The number of anilines is 1. The molecular formula is C29H34N2O. The first-order valence-corrected chi connectivity index (χ1v) is 12.0. The molecule has 0 spiro atoms. The molecule has 3 aromatic rings. The minimum atomic E-state index is -0.0856. The normalized spacial score (nSPS) is 15.8. The largest absolute Gasteiger partial charge is 0.335 e. The molecule has 0 heterocycles. The molecule has 0 unspecified atom stereocenters. The highest BCUT2D eigenvalue weighted by atomic mass is 16.2. The fraction of sp³-hybridized carbons (Fsp3) is 0.345. The maximum atomic E-state index is 12.9. The first-order chi connectivity index (χ1) is 15.7. The third-order valence-electron chi connectivity index (χ3n) is 7.06. The number of benzene rings is 3. The number of aryl methyl sites for hydroxylation is 2. The number of carbonyl (C=O) groups excluding carboxylic acids is 1. The molecule has 0 bridgehead atoms. The number of hydrogen-bond acceptors (Lipinski definition) is 1. The molecule has 0 saturated heterocycles. The molecule has 3 heteroatoms. The summed E-state index contributed by atoms with van der Waals surface area (Å²) in [4.78, 5) is 12.9. The molecule has 4 rings (SSSR count). The van der Waals surface area contributed by atoms with Crippen molar-refractivity contribution in [2.75, 3.05) is 5.32 Å². The van der Waals surface area contributed by atoms with Gasteiger partial charge in [-0.25, -0.2) is 4.79 Å². The molecule has 0 aromatic heterocycles. The van der Waals surface area contributed by atoms with Gasteiger partial charge in [0.1, 0.15) is 0 Å². The van der Waals surface area contributed by atoms with Crippen LogP contribution in [0, 0.1) is 0 Å². The van der Waals surface area contributed by atoms with E-state index in [1.807, 2.05) is 0 Å². The van der Waals surface area contributed by atoms with Crippen molar-refractivity contribution in [3.05, 3.63) is 101 Å². The molecule has 1 aliphatic rings. The van der Waals surface area contributed by atoms with E-state index in [0.717, 1.165) is 44.2 Å². The van der Waals surface area contributed by atoms with Gasteiger partial charge in [-0.05, 0) is 60.8 Å². The summed E-state index contributed by atoms with van der Waals surface area (Å²) in [6.45, 7) is 4.26. The Labute approximate surface area is 192 Å². The van der Waals surface area contributed by atoms with Gasteiger partial charge in [-0.3, -0.25) is 0 Å². The van der Waals surface area contributed by atoms with Crippen molar-refractivity contribution in [2.24, 2.45) is 0 Å². The molecule has 3 aromatic carbocycles. The molecule has 0 radical (unpaired) electrons. The molecule has 1 fully saturated rings. The number of urea groups is 1. The average molecular weight is 427 g/mol. The number of carbonyl (C=O) groups is 1. The minimum absolute atomic E-state index is 0.0152. The second-order valence-electron chi connectivity index (χ2n) is 8.85. The lowest BCUT2D eigenvalue weighted by molar-refractivity contribution is 0.236. The Morgan fingerprint density at radius 2 is 1.28 bits per heavy atom. The van der Waals surface area contributed by atoms with Gasteiger partial charge in [0.2, 0.25) is 0 Å². The van der Waals surface area contributed by atoms with E-state index in [0.29, 0.717) is 0 Å². The number of hydrogen-bond donors (Lipinski definition) is 2. The number of rotatable bonds is 6. The smallest absolute Gasteiger partial charge is 0.319 e. The molecule has 166 valence electrons. The van der Waals surface area contributed by atoms with E-state index in [-0.39, 0.29) is 17.5 Å². The third-order valence-corrected chi connectivity index (χ3v) is 7.06. The van der Waals surface area contributed by atoms with E-state index in [2.05, 4.69) is 103 Å². The van der Waals surface area contributed by atoms with Crippen LogP contribution in [0.2, 0.25) is 0 Å². The van der Waals surface area contributed by atoms with Crippen LogP contribution in [0.3, 0.4) is 0 Å². The highest BCUT2D eigenvalue weighted by Crippen LogP contribution is 2.44. The van der Waals surface area contributed by atoms with Gasteiger partial charge in [0.25, 0.3) is 0 Å². The number of amides is 2. The standard InChI is InChI=1S/C29H34N2O/c1-3-22-12-11-13-23(4-2)27(22)31-28(32)30-26-18-20-29(21-19-26,24-14-7-5-8-15-24)25-16-9-6-10-17-25/h5-17,26H,3-4,18-21H2,1-2H3,(H2,30,31,32). The summed E-state index contributed by atoms with van der Waals surface area (Å²) in [7, 11) is 0. The summed E-state index contributed by atoms with van der Waals surface area (Å²) < 4.78 is 0. The SMILES string of the molecule is CCc1cccc(CC)c1NC(=O)NC1CCC(c2ccccc2)(c2ccccc2)CC1. The predicted molar refractivity (Wildman–Crippen MR) is 133 cm³/mol.